The van der Waals surface area contributed by atoms with E-state index in [1.54, 1.807) is 0 Å². The molecule has 5 nitrogen and oxygen atoms in total. The Kier molecular flexibility index (Phi) is 8.14. The first-order chi connectivity index (χ1) is 14.4. The van der Waals surface area contributed by atoms with Crippen LogP contribution in [0.2, 0.25) is 0 Å². The quantitative estimate of drug-likeness (QED) is 0.643. The fraction of sp³-hybridized carbons (Fsp3) is 0.520. The van der Waals surface area contributed by atoms with E-state index in [1.165, 1.54) is 22.4 Å². The summed E-state index contributed by atoms with van der Waals surface area (Å²) in [5.41, 5.74) is 4.76. The maximum Gasteiger partial charge on any atom is 0.119 e. The number of nitrogens with zero attached hydrogens (tertiary/aromatic N) is 2. The average molecular weight is 413 g/mol. The molecule has 0 aliphatic carbocycles. The van der Waals surface area contributed by atoms with Crippen LogP contribution in [0.1, 0.15) is 29.5 Å². The molecule has 0 saturated carbocycles. The van der Waals surface area contributed by atoms with E-state index in [-0.39, 0.29) is 12.7 Å². The molecule has 5 heteroatoms. The van der Waals surface area contributed by atoms with Crippen LogP contribution in [0.5, 0.6) is 5.75 Å². The van der Waals surface area contributed by atoms with Crippen molar-refractivity contribution < 1.29 is 14.6 Å². The van der Waals surface area contributed by atoms with Crippen LogP contribution in [0.3, 0.4) is 0 Å². The van der Waals surface area contributed by atoms with Crippen molar-refractivity contribution in [3.8, 4) is 5.75 Å². The molecule has 3 rings (SSSR count). The van der Waals surface area contributed by atoms with Crippen LogP contribution in [0.4, 0.5) is 5.69 Å². The molecule has 0 aromatic heterocycles. The van der Waals surface area contributed by atoms with Gasteiger partial charge in [-0.15, -0.1) is 0 Å². The van der Waals surface area contributed by atoms with Gasteiger partial charge in [0, 0.05) is 46.0 Å². The third kappa shape index (κ3) is 7.01. The Morgan fingerprint density at radius 1 is 1.10 bits per heavy atom. The van der Waals surface area contributed by atoms with Gasteiger partial charge in [0.05, 0.1) is 6.10 Å². The van der Waals surface area contributed by atoms with Gasteiger partial charge in [-0.05, 0) is 67.6 Å². The van der Waals surface area contributed by atoms with E-state index in [2.05, 4.69) is 54.0 Å². The van der Waals surface area contributed by atoms with Crippen molar-refractivity contribution >= 4 is 5.69 Å². The summed E-state index contributed by atoms with van der Waals surface area (Å²) in [6.45, 7) is 7.41. The smallest absolute Gasteiger partial charge is 0.119 e. The van der Waals surface area contributed by atoms with Crippen molar-refractivity contribution in [2.75, 3.05) is 45.3 Å². The van der Waals surface area contributed by atoms with Gasteiger partial charge in [0.25, 0.3) is 0 Å². The second-order valence-electron chi connectivity index (χ2n) is 8.68. The van der Waals surface area contributed by atoms with E-state index in [0.29, 0.717) is 6.54 Å². The lowest BCUT2D eigenvalue weighted by molar-refractivity contribution is 0.0313. The molecular weight excluding hydrogens is 376 g/mol. The van der Waals surface area contributed by atoms with Gasteiger partial charge in [0.1, 0.15) is 18.5 Å². The molecular formula is C25H36N2O3. The minimum Gasteiger partial charge on any atom is -0.491 e. The molecule has 1 fully saturated rings. The number of benzene rings is 2. The predicted octanol–water partition coefficient (Wildman–Crippen LogP) is 3.79. The van der Waals surface area contributed by atoms with Crippen molar-refractivity contribution in [2.45, 2.75) is 45.4 Å². The molecule has 1 saturated heterocycles. The zero-order valence-electron chi connectivity index (χ0n) is 18.8. The summed E-state index contributed by atoms with van der Waals surface area (Å²) in [5.74, 6) is 0.816. The molecule has 0 amide bonds. The molecule has 1 aliphatic rings. The minimum absolute atomic E-state index is 0.249. The van der Waals surface area contributed by atoms with E-state index in [1.807, 2.05) is 26.2 Å². The van der Waals surface area contributed by atoms with Gasteiger partial charge in [0.15, 0.2) is 0 Å². The van der Waals surface area contributed by atoms with Gasteiger partial charge < -0.3 is 19.5 Å². The summed E-state index contributed by atoms with van der Waals surface area (Å²) in [6, 6.07) is 14.7. The average Bonchev–Trinajstić information content (AvgIpc) is 3.19. The Bertz CT molecular complexity index is 765. The van der Waals surface area contributed by atoms with Crippen molar-refractivity contribution in [3.05, 3.63) is 59.2 Å². The van der Waals surface area contributed by atoms with Crippen molar-refractivity contribution in [1.29, 1.82) is 0 Å². The number of ether oxygens (including phenoxy) is 2. The van der Waals surface area contributed by atoms with Crippen LogP contribution in [-0.2, 0) is 11.3 Å². The topological polar surface area (TPSA) is 45.2 Å². The third-order valence-electron chi connectivity index (χ3n) is 5.45. The first-order valence-corrected chi connectivity index (χ1v) is 10.9. The lowest BCUT2D eigenvalue weighted by Gasteiger charge is -2.28. The van der Waals surface area contributed by atoms with Crippen LogP contribution in [0.15, 0.2) is 42.5 Å². The molecule has 2 aromatic rings. The second kappa shape index (κ2) is 10.8. The van der Waals surface area contributed by atoms with Gasteiger partial charge in [-0.2, -0.15) is 0 Å². The molecule has 2 aromatic carbocycles. The first kappa shape index (κ1) is 22.6. The second-order valence-corrected chi connectivity index (χ2v) is 8.68. The maximum absolute atomic E-state index is 10.7. The number of aliphatic hydroxyl groups excluding tert-OH is 1. The zero-order chi connectivity index (χ0) is 21.5. The van der Waals surface area contributed by atoms with E-state index in [4.69, 9.17) is 9.47 Å². The molecule has 164 valence electrons. The highest BCUT2D eigenvalue weighted by molar-refractivity contribution is 5.46. The highest BCUT2D eigenvalue weighted by Gasteiger charge is 2.21. The molecule has 0 spiro atoms. The lowest BCUT2D eigenvalue weighted by atomic mass is 10.1. The van der Waals surface area contributed by atoms with Crippen molar-refractivity contribution in [3.63, 3.8) is 0 Å². The van der Waals surface area contributed by atoms with Crippen LogP contribution >= 0.6 is 0 Å². The predicted molar refractivity (Wildman–Crippen MR) is 122 cm³/mol. The monoisotopic (exact) mass is 412 g/mol. The maximum atomic E-state index is 10.7. The zero-order valence-corrected chi connectivity index (χ0v) is 18.8. The summed E-state index contributed by atoms with van der Waals surface area (Å²) in [7, 11) is 4.09. The molecule has 2 atom stereocenters. The summed E-state index contributed by atoms with van der Waals surface area (Å²) in [4.78, 5) is 4.39. The van der Waals surface area contributed by atoms with E-state index < -0.39 is 6.10 Å². The van der Waals surface area contributed by atoms with Gasteiger partial charge in [-0.3, -0.25) is 4.90 Å². The standard InChI is InChI=1S/C25H36N2O3/c1-19-12-20(2)14-25(13-19)30-18-23(28)16-27(17-24-6-5-11-29-24)15-21-7-9-22(10-8-21)26(3)4/h7-10,12-14,23-24,28H,5-6,11,15-18H2,1-4H3. The van der Waals surface area contributed by atoms with E-state index in [9.17, 15) is 5.11 Å². The van der Waals surface area contributed by atoms with Crippen LogP contribution in [0, 0.1) is 13.8 Å². The highest BCUT2D eigenvalue weighted by atomic mass is 16.5. The van der Waals surface area contributed by atoms with E-state index >= 15 is 0 Å². The first-order valence-electron chi connectivity index (χ1n) is 10.9. The van der Waals surface area contributed by atoms with Gasteiger partial charge in [-0.1, -0.05) is 18.2 Å². The Labute approximate surface area is 181 Å². The largest absolute Gasteiger partial charge is 0.491 e. The number of rotatable bonds is 10. The van der Waals surface area contributed by atoms with Crippen molar-refractivity contribution in [2.24, 2.45) is 0 Å². The molecule has 2 unspecified atom stereocenters. The summed E-state index contributed by atoms with van der Waals surface area (Å²) >= 11 is 0. The Hall–Kier alpha value is -2.08. The molecule has 1 aliphatic heterocycles. The van der Waals surface area contributed by atoms with Crippen LogP contribution in [0.25, 0.3) is 0 Å². The molecule has 0 bridgehead atoms. The Morgan fingerprint density at radius 2 is 1.80 bits per heavy atom. The minimum atomic E-state index is -0.562. The Morgan fingerprint density at radius 3 is 2.40 bits per heavy atom. The lowest BCUT2D eigenvalue weighted by Crippen LogP contribution is -2.39. The molecule has 0 radical (unpaired) electrons. The number of hydrogen-bond acceptors (Lipinski definition) is 5. The number of hydrogen-bond donors (Lipinski definition) is 1. The summed E-state index contributed by atoms with van der Waals surface area (Å²) in [5, 5.41) is 10.7. The fourth-order valence-corrected chi connectivity index (χ4v) is 4.00. The third-order valence-corrected chi connectivity index (χ3v) is 5.45. The van der Waals surface area contributed by atoms with Crippen LogP contribution in [-0.4, -0.2) is 62.6 Å². The SMILES string of the molecule is Cc1cc(C)cc(OCC(O)CN(Cc2ccc(N(C)C)cc2)CC2CCCO2)c1. The highest BCUT2D eigenvalue weighted by Crippen LogP contribution is 2.19. The van der Waals surface area contributed by atoms with Crippen LogP contribution < -0.4 is 9.64 Å². The number of anilines is 1. The van der Waals surface area contributed by atoms with E-state index in [0.717, 1.165) is 38.3 Å². The number of aliphatic hydroxyl groups is 1. The number of aryl methyl sites for hydroxylation is 2. The summed E-state index contributed by atoms with van der Waals surface area (Å²) in [6.07, 6.45) is 1.89. The molecule has 1 N–H and O–H groups in total. The summed E-state index contributed by atoms with van der Waals surface area (Å²) < 4.78 is 11.7. The van der Waals surface area contributed by atoms with Crippen molar-refractivity contribution in [1.82, 2.24) is 4.90 Å². The Balaban J connectivity index is 1.59. The molecule has 30 heavy (non-hydrogen) atoms. The van der Waals surface area contributed by atoms with Gasteiger partial charge in [0.2, 0.25) is 0 Å². The van der Waals surface area contributed by atoms with Gasteiger partial charge >= 0.3 is 0 Å². The molecule has 1 heterocycles. The normalized spacial score (nSPS) is 17.3. The fourth-order valence-electron chi connectivity index (χ4n) is 4.00. The van der Waals surface area contributed by atoms with Gasteiger partial charge in [-0.25, -0.2) is 0 Å².